The first-order chi connectivity index (χ1) is 8.24. The summed E-state index contributed by atoms with van der Waals surface area (Å²) < 4.78 is 11.4. The van der Waals surface area contributed by atoms with Gasteiger partial charge in [-0.25, -0.2) is 4.98 Å². The van der Waals surface area contributed by atoms with E-state index in [1.54, 1.807) is 25.6 Å². The van der Waals surface area contributed by atoms with Crippen LogP contribution in [0.5, 0.6) is 0 Å². The Morgan fingerprint density at radius 1 is 1.29 bits per heavy atom. The van der Waals surface area contributed by atoms with Crippen LogP contribution in [0.2, 0.25) is 0 Å². The lowest BCUT2D eigenvalue weighted by Crippen LogP contribution is -2.03. The van der Waals surface area contributed by atoms with Crippen LogP contribution in [0.1, 0.15) is 12.0 Å². The minimum Gasteiger partial charge on any atom is -0.350 e. The normalized spacial score (nSPS) is 11.1. The zero-order valence-electron chi connectivity index (χ0n) is 9.51. The van der Waals surface area contributed by atoms with Gasteiger partial charge < -0.3 is 9.47 Å². The van der Waals surface area contributed by atoms with Crippen molar-refractivity contribution in [3.05, 3.63) is 39.8 Å². The van der Waals surface area contributed by atoms with Gasteiger partial charge in [0.15, 0.2) is 0 Å². The maximum Gasteiger partial charge on any atom is 0.201 e. The molecular formula is C12H12BrNO2S. The summed E-state index contributed by atoms with van der Waals surface area (Å²) in [6.45, 7) is 0. The molecule has 0 saturated carbocycles. The van der Waals surface area contributed by atoms with Crippen molar-refractivity contribution in [2.75, 3.05) is 14.2 Å². The molecule has 1 aromatic heterocycles. The molecule has 0 unspecified atom stereocenters. The minimum absolute atomic E-state index is 0.396. The molecule has 3 nitrogen and oxygen atoms in total. The first-order valence-corrected chi connectivity index (χ1v) is 6.69. The van der Waals surface area contributed by atoms with Crippen LogP contribution < -0.4 is 0 Å². The highest BCUT2D eigenvalue weighted by atomic mass is 79.9. The standard InChI is InChI=1S/C12H12BrNO2S/c1-15-12(16-2)10-7-17-11(14-10)8-4-3-5-9(13)6-8/h3-7,12H,1-2H3. The van der Waals surface area contributed by atoms with E-state index in [1.165, 1.54) is 0 Å². The van der Waals surface area contributed by atoms with Gasteiger partial charge in [0.25, 0.3) is 0 Å². The summed E-state index contributed by atoms with van der Waals surface area (Å²) in [5.41, 5.74) is 1.89. The Hall–Kier alpha value is -0.750. The summed E-state index contributed by atoms with van der Waals surface area (Å²) in [6.07, 6.45) is -0.396. The third-order valence-corrected chi connectivity index (χ3v) is 3.67. The molecule has 0 fully saturated rings. The Balaban J connectivity index is 2.29. The van der Waals surface area contributed by atoms with Gasteiger partial charge in [0.2, 0.25) is 6.29 Å². The average Bonchev–Trinajstić information content (AvgIpc) is 2.80. The number of rotatable bonds is 4. The Bertz CT molecular complexity index is 497. The highest BCUT2D eigenvalue weighted by molar-refractivity contribution is 9.10. The van der Waals surface area contributed by atoms with E-state index in [0.29, 0.717) is 0 Å². The van der Waals surface area contributed by atoms with Crippen molar-refractivity contribution < 1.29 is 9.47 Å². The Morgan fingerprint density at radius 2 is 2.06 bits per heavy atom. The fourth-order valence-corrected chi connectivity index (χ4v) is 2.70. The van der Waals surface area contributed by atoms with Gasteiger partial charge in [0, 0.05) is 29.6 Å². The summed E-state index contributed by atoms with van der Waals surface area (Å²) >= 11 is 5.03. The Labute approximate surface area is 113 Å². The molecule has 2 aromatic rings. The van der Waals surface area contributed by atoms with Crippen LogP contribution in [0.25, 0.3) is 10.6 Å². The summed E-state index contributed by atoms with van der Waals surface area (Å²) in [5.74, 6) is 0. The molecule has 90 valence electrons. The quantitative estimate of drug-likeness (QED) is 0.803. The second-order valence-electron chi connectivity index (χ2n) is 3.39. The van der Waals surface area contributed by atoms with Crippen LogP contribution >= 0.6 is 27.3 Å². The van der Waals surface area contributed by atoms with Crippen molar-refractivity contribution in [3.8, 4) is 10.6 Å². The molecular weight excluding hydrogens is 302 g/mol. The van der Waals surface area contributed by atoms with Gasteiger partial charge in [-0.15, -0.1) is 11.3 Å². The number of thiazole rings is 1. The van der Waals surface area contributed by atoms with E-state index in [-0.39, 0.29) is 0 Å². The van der Waals surface area contributed by atoms with Crippen LogP contribution in [0.15, 0.2) is 34.1 Å². The molecule has 0 atom stereocenters. The van der Waals surface area contributed by atoms with E-state index in [4.69, 9.17) is 9.47 Å². The number of methoxy groups -OCH3 is 2. The number of ether oxygens (including phenoxy) is 2. The Morgan fingerprint density at radius 3 is 2.71 bits per heavy atom. The highest BCUT2D eigenvalue weighted by Crippen LogP contribution is 2.29. The number of hydrogen-bond acceptors (Lipinski definition) is 4. The van der Waals surface area contributed by atoms with Gasteiger partial charge in [-0.1, -0.05) is 28.1 Å². The first-order valence-electron chi connectivity index (χ1n) is 5.01. The van der Waals surface area contributed by atoms with Crippen LogP contribution in [0.4, 0.5) is 0 Å². The number of halogens is 1. The molecule has 0 spiro atoms. The minimum atomic E-state index is -0.396. The van der Waals surface area contributed by atoms with Gasteiger partial charge in [0.1, 0.15) is 10.7 Å². The molecule has 0 N–H and O–H groups in total. The predicted octanol–water partition coefficient (Wildman–Crippen LogP) is 3.86. The van der Waals surface area contributed by atoms with E-state index >= 15 is 0 Å². The smallest absolute Gasteiger partial charge is 0.201 e. The van der Waals surface area contributed by atoms with Gasteiger partial charge in [-0.3, -0.25) is 0 Å². The molecule has 0 amide bonds. The highest BCUT2D eigenvalue weighted by Gasteiger charge is 2.14. The molecule has 5 heteroatoms. The van der Waals surface area contributed by atoms with Crippen molar-refractivity contribution in [2.45, 2.75) is 6.29 Å². The van der Waals surface area contributed by atoms with Crippen molar-refractivity contribution in [1.29, 1.82) is 0 Å². The molecule has 17 heavy (non-hydrogen) atoms. The Kier molecular flexibility index (Phi) is 4.28. The fraction of sp³-hybridized carbons (Fsp3) is 0.250. The lowest BCUT2D eigenvalue weighted by molar-refractivity contribution is -0.108. The van der Waals surface area contributed by atoms with E-state index in [2.05, 4.69) is 20.9 Å². The average molecular weight is 314 g/mol. The van der Waals surface area contributed by atoms with E-state index in [1.807, 2.05) is 29.6 Å². The summed E-state index contributed by atoms with van der Waals surface area (Å²) in [4.78, 5) is 4.51. The molecule has 0 aliphatic heterocycles. The van der Waals surface area contributed by atoms with Crippen molar-refractivity contribution in [1.82, 2.24) is 4.98 Å². The van der Waals surface area contributed by atoms with E-state index in [0.717, 1.165) is 20.7 Å². The summed E-state index contributed by atoms with van der Waals surface area (Å²) in [6, 6.07) is 8.05. The number of nitrogens with zero attached hydrogens (tertiary/aromatic N) is 1. The molecule has 2 rings (SSSR count). The van der Waals surface area contributed by atoms with Gasteiger partial charge in [-0.2, -0.15) is 0 Å². The van der Waals surface area contributed by atoms with Crippen LogP contribution in [0, 0.1) is 0 Å². The molecule has 0 aliphatic rings. The largest absolute Gasteiger partial charge is 0.350 e. The van der Waals surface area contributed by atoms with Crippen molar-refractivity contribution >= 4 is 27.3 Å². The van der Waals surface area contributed by atoms with Crippen LogP contribution in [-0.4, -0.2) is 19.2 Å². The topological polar surface area (TPSA) is 31.4 Å². The zero-order valence-corrected chi connectivity index (χ0v) is 11.9. The van der Waals surface area contributed by atoms with Gasteiger partial charge in [-0.05, 0) is 12.1 Å². The SMILES string of the molecule is COC(OC)c1csc(-c2cccc(Br)c2)n1. The number of benzene rings is 1. The monoisotopic (exact) mass is 313 g/mol. The lowest BCUT2D eigenvalue weighted by Gasteiger charge is -2.09. The van der Waals surface area contributed by atoms with Gasteiger partial charge in [0.05, 0.1) is 0 Å². The van der Waals surface area contributed by atoms with E-state index in [9.17, 15) is 0 Å². The van der Waals surface area contributed by atoms with Crippen molar-refractivity contribution in [2.24, 2.45) is 0 Å². The summed E-state index contributed by atoms with van der Waals surface area (Å²) in [7, 11) is 3.21. The van der Waals surface area contributed by atoms with Crippen molar-refractivity contribution in [3.63, 3.8) is 0 Å². The molecule has 0 saturated heterocycles. The molecule has 0 aliphatic carbocycles. The molecule has 0 radical (unpaired) electrons. The second-order valence-corrected chi connectivity index (χ2v) is 5.16. The second kappa shape index (κ2) is 5.73. The first kappa shape index (κ1) is 12.7. The van der Waals surface area contributed by atoms with E-state index < -0.39 is 6.29 Å². The van der Waals surface area contributed by atoms with Gasteiger partial charge >= 0.3 is 0 Å². The maximum absolute atomic E-state index is 5.17. The number of hydrogen-bond donors (Lipinski definition) is 0. The third-order valence-electron chi connectivity index (χ3n) is 2.26. The van der Waals surface area contributed by atoms with Crippen LogP contribution in [-0.2, 0) is 9.47 Å². The number of aromatic nitrogens is 1. The third kappa shape index (κ3) is 2.93. The molecule has 0 bridgehead atoms. The molecule has 1 aromatic carbocycles. The van der Waals surface area contributed by atoms with Crippen LogP contribution in [0.3, 0.4) is 0 Å². The summed E-state index contributed by atoms with van der Waals surface area (Å²) in [5, 5.41) is 2.91. The fourth-order valence-electron chi connectivity index (χ4n) is 1.49. The predicted molar refractivity (Wildman–Crippen MR) is 72.0 cm³/mol. The lowest BCUT2D eigenvalue weighted by atomic mass is 10.2. The maximum atomic E-state index is 5.17. The zero-order chi connectivity index (χ0) is 12.3. The molecule has 1 heterocycles.